The van der Waals surface area contributed by atoms with Crippen molar-refractivity contribution >= 4 is 11.7 Å². The maximum absolute atomic E-state index is 12.3. The van der Waals surface area contributed by atoms with Gasteiger partial charge in [0.1, 0.15) is 17.3 Å². The Morgan fingerprint density at radius 2 is 1.92 bits per heavy atom. The Morgan fingerprint density at radius 1 is 1.16 bits per heavy atom. The SMILES string of the molecule is Cc1nc(NCc2ccc3c(c2)OCO3)cc(C(=O)NC(C)(C)C)n1. The average molecular weight is 342 g/mol. The quantitative estimate of drug-likeness (QED) is 0.888. The van der Waals surface area contributed by atoms with Crippen molar-refractivity contribution < 1.29 is 14.3 Å². The average Bonchev–Trinajstić information content (AvgIpc) is 2.98. The smallest absolute Gasteiger partial charge is 0.270 e. The van der Waals surface area contributed by atoms with Gasteiger partial charge in [-0.25, -0.2) is 9.97 Å². The highest BCUT2D eigenvalue weighted by atomic mass is 16.7. The Bertz CT molecular complexity index is 799. The van der Waals surface area contributed by atoms with Crippen molar-refractivity contribution in [3.8, 4) is 11.5 Å². The zero-order chi connectivity index (χ0) is 18.0. The first-order chi connectivity index (χ1) is 11.8. The normalized spacial score (nSPS) is 12.8. The molecule has 25 heavy (non-hydrogen) atoms. The number of amides is 1. The fraction of sp³-hybridized carbons (Fsp3) is 0.389. The molecule has 0 spiro atoms. The monoisotopic (exact) mass is 342 g/mol. The number of carbonyl (C=O) groups excluding carboxylic acids is 1. The number of nitrogens with one attached hydrogen (secondary N) is 2. The van der Waals surface area contributed by atoms with Crippen LogP contribution in [-0.2, 0) is 6.54 Å². The molecule has 2 N–H and O–H groups in total. The van der Waals surface area contributed by atoms with E-state index in [0.29, 0.717) is 23.9 Å². The fourth-order valence-electron chi connectivity index (χ4n) is 2.42. The summed E-state index contributed by atoms with van der Waals surface area (Å²) >= 11 is 0. The van der Waals surface area contributed by atoms with Crippen LogP contribution < -0.4 is 20.1 Å². The molecule has 1 aliphatic heterocycles. The van der Waals surface area contributed by atoms with Crippen LogP contribution in [0, 0.1) is 6.92 Å². The van der Waals surface area contributed by atoms with Gasteiger partial charge in [0.05, 0.1) is 0 Å². The van der Waals surface area contributed by atoms with Gasteiger partial charge < -0.3 is 20.1 Å². The first-order valence-electron chi connectivity index (χ1n) is 8.11. The van der Waals surface area contributed by atoms with Crippen molar-refractivity contribution in [1.29, 1.82) is 0 Å². The van der Waals surface area contributed by atoms with E-state index in [0.717, 1.165) is 17.1 Å². The molecule has 0 radical (unpaired) electrons. The number of aromatic nitrogens is 2. The van der Waals surface area contributed by atoms with Crippen molar-refractivity contribution in [3.63, 3.8) is 0 Å². The molecule has 1 aliphatic rings. The molecule has 7 heteroatoms. The highest BCUT2D eigenvalue weighted by Crippen LogP contribution is 2.32. The fourth-order valence-corrected chi connectivity index (χ4v) is 2.42. The molecule has 7 nitrogen and oxygen atoms in total. The summed E-state index contributed by atoms with van der Waals surface area (Å²) in [4.78, 5) is 20.9. The number of hydrogen-bond acceptors (Lipinski definition) is 6. The van der Waals surface area contributed by atoms with Crippen molar-refractivity contribution in [2.45, 2.75) is 39.8 Å². The summed E-state index contributed by atoms with van der Waals surface area (Å²) in [6, 6.07) is 7.42. The van der Waals surface area contributed by atoms with E-state index in [1.54, 1.807) is 13.0 Å². The summed E-state index contributed by atoms with van der Waals surface area (Å²) in [5.41, 5.74) is 1.05. The zero-order valence-corrected chi connectivity index (χ0v) is 14.8. The second kappa shape index (κ2) is 6.58. The lowest BCUT2D eigenvalue weighted by Gasteiger charge is -2.20. The molecule has 1 aromatic carbocycles. The van der Waals surface area contributed by atoms with Crippen LogP contribution in [0.15, 0.2) is 24.3 Å². The van der Waals surface area contributed by atoms with E-state index < -0.39 is 0 Å². The highest BCUT2D eigenvalue weighted by molar-refractivity contribution is 5.93. The third-order valence-corrected chi connectivity index (χ3v) is 3.47. The van der Waals surface area contributed by atoms with E-state index in [4.69, 9.17) is 9.47 Å². The number of aryl methyl sites for hydroxylation is 1. The molecule has 0 saturated carbocycles. The van der Waals surface area contributed by atoms with Crippen molar-refractivity contribution in [2.24, 2.45) is 0 Å². The van der Waals surface area contributed by atoms with Gasteiger partial charge in [-0.1, -0.05) is 6.07 Å². The van der Waals surface area contributed by atoms with E-state index >= 15 is 0 Å². The van der Waals surface area contributed by atoms with Crippen LogP contribution in [0.5, 0.6) is 11.5 Å². The minimum atomic E-state index is -0.323. The lowest BCUT2D eigenvalue weighted by atomic mass is 10.1. The van der Waals surface area contributed by atoms with Gasteiger partial charge in [-0.15, -0.1) is 0 Å². The van der Waals surface area contributed by atoms with Crippen molar-refractivity contribution in [2.75, 3.05) is 12.1 Å². The van der Waals surface area contributed by atoms with Gasteiger partial charge in [0.25, 0.3) is 5.91 Å². The van der Waals surface area contributed by atoms with Crippen LogP contribution in [0.4, 0.5) is 5.82 Å². The first-order valence-corrected chi connectivity index (χ1v) is 8.11. The maximum Gasteiger partial charge on any atom is 0.270 e. The van der Waals surface area contributed by atoms with Gasteiger partial charge in [0, 0.05) is 18.2 Å². The zero-order valence-electron chi connectivity index (χ0n) is 14.8. The number of benzene rings is 1. The lowest BCUT2D eigenvalue weighted by molar-refractivity contribution is 0.0914. The maximum atomic E-state index is 12.3. The molecule has 0 unspecified atom stereocenters. The number of hydrogen-bond donors (Lipinski definition) is 2. The molecule has 3 rings (SSSR count). The number of rotatable bonds is 4. The Morgan fingerprint density at radius 3 is 2.68 bits per heavy atom. The van der Waals surface area contributed by atoms with Crippen molar-refractivity contribution in [3.05, 3.63) is 41.3 Å². The minimum Gasteiger partial charge on any atom is -0.454 e. The number of fused-ring (bicyclic) bond motifs is 1. The predicted octanol–water partition coefficient (Wildman–Crippen LogP) is 2.65. The number of carbonyl (C=O) groups is 1. The summed E-state index contributed by atoms with van der Waals surface area (Å²) in [5, 5.41) is 6.13. The topological polar surface area (TPSA) is 85.4 Å². The van der Waals surface area contributed by atoms with E-state index in [-0.39, 0.29) is 18.2 Å². The van der Waals surface area contributed by atoms with Crippen molar-refractivity contribution in [1.82, 2.24) is 15.3 Å². The summed E-state index contributed by atoms with van der Waals surface area (Å²) in [6.07, 6.45) is 0. The van der Waals surface area contributed by atoms with Crippen LogP contribution in [-0.4, -0.2) is 28.2 Å². The van der Waals surface area contributed by atoms with E-state index in [2.05, 4.69) is 20.6 Å². The number of anilines is 1. The third-order valence-electron chi connectivity index (χ3n) is 3.47. The highest BCUT2D eigenvalue weighted by Gasteiger charge is 2.18. The molecular weight excluding hydrogens is 320 g/mol. The lowest BCUT2D eigenvalue weighted by Crippen LogP contribution is -2.41. The number of nitrogens with zero attached hydrogens (tertiary/aromatic N) is 2. The van der Waals surface area contributed by atoms with E-state index in [1.807, 2.05) is 39.0 Å². The summed E-state index contributed by atoms with van der Waals surface area (Å²) in [5.74, 6) is 2.41. The van der Waals surface area contributed by atoms with Crippen LogP contribution >= 0.6 is 0 Å². The molecular formula is C18H22N4O3. The van der Waals surface area contributed by atoms with E-state index in [9.17, 15) is 4.79 Å². The molecule has 0 aliphatic carbocycles. The summed E-state index contributed by atoms with van der Waals surface area (Å²) < 4.78 is 10.7. The van der Waals surface area contributed by atoms with Crippen LogP contribution in [0.3, 0.4) is 0 Å². The van der Waals surface area contributed by atoms with Crippen LogP contribution in [0.2, 0.25) is 0 Å². The molecule has 1 aromatic heterocycles. The Hall–Kier alpha value is -2.83. The van der Waals surface area contributed by atoms with Gasteiger partial charge in [-0.05, 0) is 45.4 Å². The Kier molecular flexibility index (Phi) is 4.48. The molecule has 2 heterocycles. The summed E-state index contributed by atoms with van der Waals surface area (Å²) in [6.45, 7) is 8.35. The van der Waals surface area contributed by atoms with Gasteiger partial charge >= 0.3 is 0 Å². The molecule has 2 aromatic rings. The van der Waals surface area contributed by atoms with Crippen LogP contribution in [0.25, 0.3) is 0 Å². The molecule has 132 valence electrons. The van der Waals surface area contributed by atoms with Gasteiger partial charge in [-0.3, -0.25) is 4.79 Å². The van der Waals surface area contributed by atoms with Crippen LogP contribution in [0.1, 0.15) is 42.6 Å². The third kappa shape index (κ3) is 4.37. The van der Waals surface area contributed by atoms with E-state index in [1.165, 1.54) is 0 Å². The summed E-state index contributed by atoms with van der Waals surface area (Å²) in [7, 11) is 0. The molecule has 0 bridgehead atoms. The molecule has 0 saturated heterocycles. The number of ether oxygens (including phenoxy) is 2. The van der Waals surface area contributed by atoms with Gasteiger partial charge in [-0.2, -0.15) is 0 Å². The molecule has 0 atom stereocenters. The Labute approximate surface area is 146 Å². The second-order valence-electron chi connectivity index (χ2n) is 6.93. The second-order valence-corrected chi connectivity index (χ2v) is 6.93. The van der Waals surface area contributed by atoms with Gasteiger partial charge in [0.2, 0.25) is 6.79 Å². The predicted molar refractivity (Wildman–Crippen MR) is 93.9 cm³/mol. The molecule has 1 amide bonds. The largest absolute Gasteiger partial charge is 0.454 e. The first kappa shape index (κ1) is 17.0. The van der Waals surface area contributed by atoms with Gasteiger partial charge in [0.15, 0.2) is 11.5 Å². The minimum absolute atomic E-state index is 0.218. The Balaban J connectivity index is 1.71. The molecule has 0 fully saturated rings. The standard InChI is InChI=1S/C18H22N4O3/c1-11-20-13(17(23)22-18(2,3)4)8-16(21-11)19-9-12-5-6-14-15(7-12)25-10-24-14/h5-8H,9-10H2,1-4H3,(H,22,23)(H,19,20,21).